The van der Waals surface area contributed by atoms with E-state index in [0.29, 0.717) is 25.1 Å². The van der Waals surface area contributed by atoms with E-state index >= 15 is 0 Å². The van der Waals surface area contributed by atoms with Gasteiger partial charge in [-0.3, -0.25) is 19.7 Å². The zero-order valence-electron chi connectivity index (χ0n) is 16.2. The van der Waals surface area contributed by atoms with Crippen LogP contribution in [0.4, 0.5) is 10.5 Å². The molecule has 156 valence electrons. The number of carboxylic acid groups (broad SMARTS) is 1. The minimum Gasteiger partial charge on any atom is -0.465 e. The molecule has 4 N–H and O–H groups in total. The molecule has 0 saturated carbocycles. The molecule has 2 aliphatic rings. The van der Waals surface area contributed by atoms with E-state index < -0.39 is 18.0 Å². The van der Waals surface area contributed by atoms with Crippen molar-refractivity contribution < 1.29 is 24.3 Å². The van der Waals surface area contributed by atoms with E-state index in [4.69, 9.17) is 5.11 Å². The number of amides is 4. The summed E-state index contributed by atoms with van der Waals surface area (Å²) in [5, 5.41) is 16.6. The predicted octanol–water partition coefficient (Wildman–Crippen LogP) is 1.69. The summed E-state index contributed by atoms with van der Waals surface area (Å²) in [6, 6.07) is 4.91. The molecule has 1 fully saturated rings. The Labute approximate surface area is 168 Å². The van der Waals surface area contributed by atoms with Gasteiger partial charge in [0.1, 0.15) is 6.04 Å². The highest BCUT2D eigenvalue weighted by Gasteiger charge is 2.39. The van der Waals surface area contributed by atoms with E-state index in [1.54, 1.807) is 11.0 Å². The van der Waals surface area contributed by atoms with E-state index in [0.717, 1.165) is 43.5 Å². The van der Waals surface area contributed by atoms with Crippen LogP contribution in [-0.2, 0) is 16.1 Å². The zero-order chi connectivity index (χ0) is 20.8. The summed E-state index contributed by atoms with van der Waals surface area (Å²) < 4.78 is 0. The Bertz CT molecular complexity index is 810. The number of benzene rings is 1. The number of unbranched alkanes of at least 4 members (excludes halogenated alkanes) is 3. The predicted molar refractivity (Wildman–Crippen MR) is 105 cm³/mol. The summed E-state index contributed by atoms with van der Waals surface area (Å²) in [6.07, 6.45) is 3.25. The number of nitrogens with zero attached hydrogens (tertiary/aromatic N) is 1. The highest BCUT2D eigenvalue weighted by atomic mass is 16.4. The van der Waals surface area contributed by atoms with Crippen LogP contribution in [0.5, 0.6) is 0 Å². The van der Waals surface area contributed by atoms with Crippen LogP contribution in [0.25, 0.3) is 0 Å². The maximum atomic E-state index is 12.8. The summed E-state index contributed by atoms with van der Waals surface area (Å²) in [4.78, 5) is 48.2. The Kier molecular flexibility index (Phi) is 6.69. The first-order valence-corrected chi connectivity index (χ1v) is 9.94. The van der Waals surface area contributed by atoms with Crippen LogP contribution < -0.4 is 16.0 Å². The van der Waals surface area contributed by atoms with Gasteiger partial charge in [-0.1, -0.05) is 18.9 Å². The Hall–Kier alpha value is -3.10. The summed E-state index contributed by atoms with van der Waals surface area (Å²) >= 11 is 0. The summed E-state index contributed by atoms with van der Waals surface area (Å²) in [6.45, 7) is 1.56. The lowest BCUT2D eigenvalue weighted by Gasteiger charge is -2.29. The first-order valence-electron chi connectivity index (χ1n) is 9.94. The summed E-state index contributed by atoms with van der Waals surface area (Å²) in [7, 11) is 0. The molecular formula is C20H26N4O5. The Morgan fingerprint density at radius 2 is 1.90 bits per heavy atom. The van der Waals surface area contributed by atoms with Crippen molar-refractivity contribution in [2.75, 3.05) is 18.4 Å². The smallest absolute Gasteiger partial charge is 0.404 e. The lowest BCUT2D eigenvalue weighted by atomic mass is 10.0. The number of rotatable bonds is 9. The fourth-order valence-corrected chi connectivity index (χ4v) is 3.77. The molecule has 1 aromatic carbocycles. The van der Waals surface area contributed by atoms with Crippen molar-refractivity contribution >= 4 is 29.5 Å². The van der Waals surface area contributed by atoms with Gasteiger partial charge in [0.25, 0.3) is 5.91 Å². The average molecular weight is 402 g/mol. The third-order valence-corrected chi connectivity index (χ3v) is 5.28. The number of carbonyl (C=O) groups is 4. The van der Waals surface area contributed by atoms with Crippen LogP contribution in [0.3, 0.4) is 0 Å². The largest absolute Gasteiger partial charge is 0.465 e. The molecule has 2 heterocycles. The molecule has 1 saturated heterocycles. The molecule has 0 aliphatic carbocycles. The number of fused-ring (bicyclic) bond motifs is 1. The summed E-state index contributed by atoms with van der Waals surface area (Å²) in [5.41, 5.74) is 2.37. The molecular weight excluding hydrogens is 376 g/mol. The topological polar surface area (TPSA) is 128 Å². The molecule has 2 aliphatic heterocycles. The van der Waals surface area contributed by atoms with Gasteiger partial charge in [0.05, 0.1) is 0 Å². The van der Waals surface area contributed by atoms with Gasteiger partial charge in [0, 0.05) is 42.9 Å². The van der Waals surface area contributed by atoms with Gasteiger partial charge in [0.15, 0.2) is 0 Å². The van der Waals surface area contributed by atoms with E-state index in [2.05, 4.69) is 16.0 Å². The third-order valence-electron chi connectivity index (χ3n) is 5.28. The van der Waals surface area contributed by atoms with Gasteiger partial charge < -0.3 is 20.6 Å². The standard InChI is InChI=1S/C20H26N4O5/c25-17-9-8-16(18(26)23-17)24-12-14-13(19(24)27)6-5-7-15(14)21-10-3-1-2-4-11-22-20(28)29/h5-7,16,21-22H,1-4,8-12H2,(H,28,29)(H,23,25,26). The van der Waals surface area contributed by atoms with Gasteiger partial charge >= 0.3 is 6.09 Å². The quantitative estimate of drug-likeness (QED) is 0.368. The first kappa shape index (κ1) is 20.6. The molecule has 1 unspecified atom stereocenters. The second-order valence-electron chi connectivity index (χ2n) is 7.30. The Balaban J connectivity index is 1.51. The Morgan fingerprint density at radius 1 is 1.14 bits per heavy atom. The van der Waals surface area contributed by atoms with Crippen LogP contribution in [0.15, 0.2) is 18.2 Å². The Morgan fingerprint density at radius 3 is 2.62 bits per heavy atom. The number of hydrogen-bond acceptors (Lipinski definition) is 5. The number of carbonyl (C=O) groups excluding carboxylic acids is 3. The monoisotopic (exact) mass is 402 g/mol. The SMILES string of the molecule is O=C(O)NCCCCCCNc1cccc2c1CN(C1CCC(=O)NC1=O)C2=O. The molecule has 0 aromatic heterocycles. The molecule has 9 nitrogen and oxygen atoms in total. The van der Waals surface area contributed by atoms with Crippen molar-refractivity contribution in [1.82, 2.24) is 15.5 Å². The molecule has 0 spiro atoms. The van der Waals surface area contributed by atoms with Crippen LogP contribution >= 0.6 is 0 Å². The molecule has 4 amide bonds. The average Bonchev–Trinajstić information content (AvgIpc) is 3.01. The first-order chi connectivity index (χ1) is 14.0. The zero-order valence-corrected chi connectivity index (χ0v) is 16.2. The minimum atomic E-state index is -0.995. The van der Waals surface area contributed by atoms with Crippen molar-refractivity contribution in [3.63, 3.8) is 0 Å². The van der Waals surface area contributed by atoms with Crippen molar-refractivity contribution in [3.05, 3.63) is 29.3 Å². The van der Waals surface area contributed by atoms with Gasteiger partial charge in [-0.2, -0.15) is 0 Å². The second-order valence-corrected chi connectivity index (χ2v) is 7.30. The van der Waals surface area contributed by atoms with E-state index in [1.165, 1.54) is 0 Å². The molecule has 29 heavy (non-hydrogen) atoms. The van der Waals surface area contributed by atoms with Gasteiger partial charge in [-0.25, -0.2) is 4.79 Å². The maximum absolute atomic E-state index is 12.8. The normalized spacial score (nSPS) is 18.4. The van der Waals surface area contributed by atoms with Crippen LogP contribution in [-0.4, -0.2) is 53.0 Å². The van der Waals surface area contributed by atoms with Crippen molar-refractivity contribution in [3.8, 4) is 0 Å². The van der Waals surface area contributed by atoms with Gasteiger partial charge in [0.2, 0.25) is 11.8 Å². The lowest BCUT2D eigenvalue weighted by Crippen LogP contribution is -2.52. The summed E-state index contributed by atoms with van der Waals surface area (Å²) in [5.74, 6) is -0.880. The second kappa shape index (κ2) is 9.40. The highest BCUT2D eigenvalue weighted by Crippen LogP contribution is 2.32. The molecule has 9 heteroatoms. The molecule has 0 radical (unpaired) electrons. The number of hydrogen-bond donors (Lipinski definition) is 4. The number of nitrogens with one attached hydrogen (secondary N) is 3. The van der Waals surface area contributed by atoms with E-state index in [1.807, 2.05) is 12.1 Å². The van der Waals surface area contributed by atoms with Crippen molar-refractivity contribution in [2.45, 2.75) is 51.1 Å². The van der Waals surface area contributed by atoms with Crippen LogP contribution in [0.2, 0.25) is 0 Å². The lowest BCUT2D eigenvalue weighted by molar-refractivity contribution is -0.136. The minimum absolute atomic E-state index is 0.177. The number of piperidine rings is 1. The van der Waals surface area contributed by atoms with Crippen molar-refractivity contribution in [1.29, 1.82) is 0 Å². The van der Waals surface area contributed by atoms with Crippen LogP contribution in [0.1, 0.15) is 54.4 Å². The van der Waals surface area contributed by atoms with Gasteiger partial charge in [-0.05, 0) is 31.4 Å². The maximum Gasteiger partial charge on any atom is 0.404 e. The van der Waals surface area contributed by atoms with E-state index in [9.17, 15) is 19.2 Å². The molecule has 1 aromatic rings. The number of imide groups is 1. The van der Waals surface area contributed by atoms with Crippen LogP contribution in [0, 0.1) is 0 Å². The molecule has 0 bridgehead atoms. The van der Waals surface area contributed by atoms with Crippen molar-refractivity contribution in [2.24, 2.45) is 0 Å². The fourth-order valence-electron chi connectivity index (χ4n) is 3.77. The van der Waals surface area contributed by atoms with E-state index in [-0.39, 0.29) is 18.2 Å². The number of anilines is 1. The molecule has 1 atom stereocenters. The van der Waals surface area contributed by atoms with Gasteiger partial charge in [-0.15, -0.1) is 0 Å². The fraction of sp³-hybridized carbons (Fsp3) is 0.500. The highest BCUT2D eigenvalue weighted by molar-refractivity contribution is 6.06. The molecule has 3 rings (SSSR count). The third kappa shape index (κ3) is 5.04.